The van der Waals surface area contributed by atoms with Gasteiger partial charge in [0.1, 0.15) is 11.2 Å². The second-order valence-corrected chi connectivity index (χ2v) is 8.18. The van der Waals surface area contributed by atoms with Crippen molar-refractivity contribution in [2.24, 2.45) is 0 Å². The van der Waals surface area contributed by atoms with Crippen molar-refractivity contribution >= 4 is 18.0 Å². The summed E-state index contributed by atoms with van der Waals surface area (Å²) in [6.45, 7) is 11.6. The minimum absolute atomic E-state index is 0.0442. The molecular weight excluding hydrogens is 338 g/mol. The molecule has 0 aromatic carbocycles. The van der Waals surface area contributed by atoms with E-state index < -0.39 is 29.3 Å². The molecule has 0 saturated carbocycles. The van der Waals surface area contributed by atoms with Crippen LogP contribution in [-0.4, -0.2) is 67.3 Å². The minimum Gasteiger partial charge on any atom is -0.460 e. The summed E-state index contributed by atoms with van der Waals surface area (Å²) in [5, 5.41) is 5.57. The molecule has 1 atom stereocenters. The molecule has 0 aromatic heterocycles. The lowest BCUT2D eigenvalue weighted by Crippen LogP contribution is -2.45. The zero-order valence-electron chi connectivity index (χ0n) is 17.4. The molecule has 8 nitrogen and oxygen atoms in total. The van der Waals surface area contributed by atoms with Gasteiger partial charge in [-0.2, -0.15) is 0 Å². The Labute approximate surface area is 157 Å². The second kappa shape index (κ2) is 10.4. The number of amides is 2. The number of nitrogens with zero attached hydrogens (tertiary/aromatic N) is 1. The van der Waals surface area contributed by atoms with E-state index in [0.717, 1.165) is 0 Å². The Morgan fingerprint density at radius 3 is 2.00 bits per heavy atom. The Kier molecular flexibility index (Phi) is 9.62. The zero-order valence-corrected chi connectivity index (χ0v) is 17.4. The molecule has 2 amide bonds. The predicted octanol–water partition coefficient (Wildman–Crippen LogP) is 1.68. The molecular formula is C18H35N3O5. The van der Waals surface area contributed by atoms with Crippen LogP contribution in [0, 0.1) is 0 Å². The second-order valence-electron chi connectivity index (χ2n) is 8.18. The third-order valence-electron chi connectivity index (χ3n) is 3.13. The zero-order chi connectivity index (χ0) is 20.5. The molecule has 0 unspecified atom stereocenters. The van der Waals surface area contributed by atoms with Crippen LogP contribution in [-0.2, 0) is 19.1 Å². The monoisotopic (exact) mass is 373 g/mol. The Balaban J connectivity index is 4.22. The van der Waals surface area contributed by atoms with Crippen molar-refractivity contribution in [1.82, 2.24) is 15.5 Å². The summed E-state index contributed by atoms with van der Waals surface area (Å²) in [5.74, 6) is -0.713. The Morgan fingerprint density at radius 2 is 1.54 bits per heavy atom. The third kappa shape index (κ3) is 11.7. The highest BCUT2D eigenvalue weighted by Gasteiger charge is 2.24. The summed E-state index contributed by atoms with van der Waals surface area (Å²) in [6.07, 6.45) is 0.128. The number of hydrogen-bond donors (Lipinski definition) is 2. The molecule has 0 aliphatic carbocycles. The topological polar surface area (TPSA) is 97.0 Å². The van der Waals surface area contributed by atoms with Crippen LogP contribution in [0.3, 0.4) is 0 Å². The van der Waals surface area contributed by atoms with E-state index in [-0.39, 0.29) is 12.3 Å². The van der Waals surface area contributed by atoms with E-state index in [1.165, 1.54) is 4.90 Å². The van der Waals surface area contributed by atoms with Crippen LogP contribution in [0.4, 0.5) is 4.79 Å². The summed E-state index contributed by atoms with van der Waals surface area (Å²) in [7, 11) is 3.26. The molecule has 26 heavy (non-hydrogen) atoms. The molecule has 152 valence electrons. The van der Waals surface area contributed by atoms with Gasteiger partial charge in [0.2, 0.25) is 5.91 Å². The quantitative estimate of drug-likeness (QED) is 0.496. The fraction of sp³-hybridized carbons (Fsp3) is 0.833. The van der Waals surface area contributed by atoms with Gasteiger partial charge in [0.25, 0.3) is 0 Å². The first-order valence-electron chi connectivity index (χ1n) is 8.86. The van der Waals surface area contributed by atoms with Gasteiger partial charge in [-0.25, -0.2) is 4.79 Å². The fourth-order valence-electron chi connectivity index (χ4n) is 1.96. The van der Waals surface area contributed by atoms with Crippen molar-refractivity contribution < 1.29 is 23.9 Å². The van der Waals surface area contributed by atoms with E-state index in [0.29, 0.717) is 19.5 Å². The molecule has 0 aliphatic heterocycles. The summed E-state index contributed by atoms with van der Waals surface area (Å²) in [5.41, 5.74) is -1.13. The van der Waals surface area contributed by atoms with Gasteiger partial charge in [0, 0.05) is 20.1 Å². The van der Waals surface area contributed by atoms with Gasteiger partial charge >= 0.3 is 12.1 Å². The molecule has 2 N–H and O–H groups in total. The molecule has 0 heterocycles. The first-order chi connectivity index (χ1) is 11.7. The number of carbonyl (C=O) groups excluding carboxylic acids is 3. The smallest absolute Gasteiger partial charge is 0.410 e. The molecule has 0 saturated heterocycles. The van der Waals surface area contributed by atoms with Crippen LogP contribution in [0.25, 0.3) is 0 Å². The number of rotatable bonds is 8. The van der Waals surface area contributed by atoms with Crippen molar-refractivity contribution in [3.63, 3.8) is 0 Å². The maximum Gasteiger partial charge on any atom is 0.410 e. The first kappa shape index (κ1) is 24.2. The van der Waals surface area contributed by atoms with Crippen LogP contribution >= 0.6 is 0 Å². The van der Waals surface area contributed by atoms with E-state index in [1.807, 2.05) is 20.8 Å². The van der Waals surface area contributed by atoms with Gasteiger partial charge in [0.05, 0.1) is 12.5 Å². The van der Waals surface area contributed by atoms with Gasteiger partial charge in [-0.05, 0) is 55.0 Å². The van der Waals surface area contributed by atoms with Crippen LogP contribution in [0.15, 0.2) is 0 Å². The van der Waals surface area contributed by atoms with Gasteiger partial charge in [-0.1, -0.05) is 0 Å². The molecule has 0 bridgehead atoms. The normalized spacial score (nSPS) is 12.9. The summed E-state index contributed by atoms with van der Waals surface area (Å²) in [4.78, 5) is 37.3. The maximum atomic E-state index is 12.2. The van der Waals surface area contributed by atoms with Gasteiger partial charge < -0.3 is 25.0 Å². The maximum absolute atomic E-state index is 12.2. The molecule has 0 radical (unpaired) electrons. The van der Waals surface area contributed by atoms with Gasteiger partial charge in [-0.15, -0.1) is 0 Å². The minimum atomic E-state index is -0.659. The van der Waals surface area contributed by atoms with Crippen LogP contribution in [0.2, 0.25) is 0 Å². The number of hydrogen-bond acceptors (Lipinski definition) is 6. The number of likely N-dealkylation sites (N-methyl/N-ethyl adjacent to an activating group) is 1. The predicted molar refractivity (Wildman–Crippen MR) is 99.8 cm³/mol. The van der Waals surface area contributed by atoms with E-state index in [1.54, 1.807) is 34.9 Å². The fourth-order valence-corrected chi connectivity index (χ4v) is 1.96. The van der Waals surface area contributed by atoms with Crippen LogP contribution in [0.5, 0.6) is 0 Å². The molecule has 0 fully saturated rings. The van der Waals surface area contributed by atoms with Crippen LogP contribution in [0.1, 0.15) is 54.4 Å². The Bertz CT molecular complexity index is 480. The number of carbonyl (C=O) groups is 3. The van der Waals surface area contributed by atoms with Crippen molar-refractivity contribution in [2.45, 2.75) is 71.6 Å². The molecule has 0 spiro atoms. The first-order valence-corrected chi connectivity index (χ1v) is 8.86. The third-order valence-corrected chi connectivity index (χ3v) is 3.13. The van der Waals surface area contributed by atoms with E-state index in [9.17, 15) is 14.4 Å². The van der Waals surface area contributed by atoms with Crippen molar-refractivity contribution in [1.29, 1.82) is 0 Å². The highest BCUT2D eigenvalue weighted by Crippen LogP contribution is 2.10. The number of ether oxygens (including phenoxy) is 2. The molecule has 0 aliphatic rings. The highest BCUT2D eigenvalue weighted by atomic mass is 16.6. The van der Waals surface area contributed by atoms with E-state index in [4.69, 9.17) is 9.47 Å². The molecule has 0 rings (SSSR count). The highest BCUT2D eigenvalue weighted by molar-refractivity contribution is 5.86. The van der Waals surface area contributed by atoms with Gasteiger partial charge in [0.15, 0.2) is 0 Å². The Hall–Kier alpha value is -1.83. The standard InChI is InChI=1S/C18H35N3O5/c1-17(2,3)25-14(22)12-13(19-7)15(23)20-10-9-11-21(8)16(24)26-18(4,5)6/h13,19H,9-12H2,1-8H3,(H,20,23)/t13-/m0/s1. The van der Waals surface area contributed by atoms with Crippen molar-refractivity contribution in [2.75, 3.05) is 27.2 Å². The lowest BCUT2D eigenvalue weighted by Gasteiger charge is -2.24. The lowest BCUT2D eigenvalue weighted by atomic mass is 10.1. The summed E-state index contributed by atoms with van der Waals surface area (Å²) < 4.78 is 10.5. The SMILES string of the molecule is CN[C@@H](CC(=O)OC(C)(C)C)C(=O)NCCCN(C)C(=O)OC(C)(C)C. The van der Waals surface area contributed by atoms with Crippen molar-refractivity contribution in [3.05, 3.63) is 0 Å². The number of esters is 1. The molecule has 8 heteroatoms. The number of nitrogens with one attached hydrogen (secondary N) is 2. The Morgan fingerprint density at radius 1 is 1.00 bits per heavy atom. The van der Waals surface area contributed by atoms with E-state index >= 15 is 0 Å². The summed E-state index contributed by atoms with van der Waals surface area (Å²) >= 11 is 0. The molecule has 0 aromatic rings. The largest absolute Gasteiger partial charge is 0.460 e. The lowest BCUT2D eigenvalue weighted by molar-refractivity contribution is -0.156. The van der Waals surface area contributed by atoms with Crippen LogP contribution < -0.4 is 10.6 Å². The van der Waals surface area contributed by atoms with Crippen molar-refractivity contribution in [3.8, 4) is 0 Å². The average molecular weight is 373 g/mol. The average Bonchev–Trinajstić information content (AvgIpc) is 2.45. The van der Waals surface area contributed by atoms with Gasteiger partial charge in [-0.3, -0.25) is 9.59 Å². The summed E-state index contributed by atoms with van der Waals surface area (Å²) in [6, 6.07) is -0.659. The van der Waals surface area contributed by atoms with E-state index in [2.05, 4.69) is 10.6 Å².